The number of carboxylic acid groups (broad SMARTS) is 1. The Morgan fingerprint density at radius 2 is 1.73 bits per heavy atom. The van der Waals surface area contributed by atoms with Crippen molar-refractivity contribution in [3.05, 3.63) is 66.1 Å². The van der Waals surface area contributed by atoms with Gasteiger partial charge in [-0.3, -0.25) is 4.79 Å². The third-order valence-corrected chi connectivity index (χ3v) is 5.08. The Morgan fingerprint density at radius 3 is 2.37 bits per heavy atom. The van der Waals surface area contributed by atoms with Gasteiger partial charge in [-0.2, -0.15) is 0 Å². The Balaban J connectivity index is 2.06. The number of benzene rings is 2. The van der Waals surface area contributed by atoms with E-state index in [2.05, 4.69) is 18.4 Å². The lowest BCUT2D eigenvalue weighted by Gasteiger charge is -2.15. The van der Waals surface area contributed by atoms with Gasteiger partial charge in [0.15, 0.2) is 0 Å². The van der Waals surface area contributed by atoms with E-state index in [0.29, 0.717) is 0 Å². The van der Waals surface area contributed by atoms with Crippen LogP contribution in [0.3, 0.4) is 0 Å². The van der Waals surface area contributed by atoms with E-state index in [1.165, 1.54) is 12.1 Å². The Hall–Kier alpha value is -2.96. The average Bonchev–Trinajstić information content (AvgIpc) is 3.02. The van der Waals surface area contributed by atoms with Crippen LogP contribution in [0.4, 0.5) is 4.39 Å². The van der Waals surface area contributed by atoms with Gasteiger partial charge in [-0.1, -0.05) is 36.4 Å². The molecule has 0 aliphatic heterocycles. The van der Waals surface area contributed by atoms with Crippen molar-refractivity contribution in [2.24, 2.45) is 0 Å². The van der Waals surface area contributed by atoms with Crippen molar-refractivity contribution >= 4 is 22.9 Å². The van der Waals surface area contributed by atoms with Gasteiger partial charge in [0, 0.05) is 28.2 Å². The molecule has 6 heteroatoms. The third kappa shape index (κ3) is 4.61. The van der Waals surface area contributed by atoms with E-state index < -0.39 is 24.6 Å². The lowest BCUT2D eigenvalue weighted by molar-refractivity contribution is -0.141. The molecular formula is C24H26FNO4. The van der Waals surface area contributed by atoms with Gasteiger partial charge in [-0.15, -0.1) is 0 Å². The van der Waals surface area contributed by atoms with Crippen LogP contribution < -0.4 is 0 Å². The number of halogens is 1. The number of aliphatic hydroxyl groups is 2. The summed E-state index contributed by atoms with van der Waals surface area (Å²) in [6.45, 7) is 4.15. The second-order valence-corrected chi connectivity index (χ2v) is 7.62. The third-order valence-electron chi connectivity index (χ3n) is 5.08. The molecule has 0 spiro atoms. The van der Waals surface area contributed by atoms with Gasteiger partial charge in [0.2, 0.25) is 0 Å². The lowest BCUT2D eigenvalue weighted by atomic mass is 10.0. The number of hydrogen-bond donors (Lipinski definition) is 3. The van der Waals surface area contributed by atoms with E-state index in [0.717, 1.165) is 27.7 Å². The molecule has 1 aromatic heterocycles. The highest BCUT2D eigenvalue weighted by Gasteiger charge is 2.20. The first-order valence-electron chi connectivity index (χ1n) is 9.93. The van der Waals surface area contributed by atoms with Crippen LogP contribution in [-0.2, 0) is 4.79 Å². The molecule has 0 fully saturated rings. The minimum Gasteiger partial charge on any atom is -0.481 e. The molecule has 2 aromatic carbocycles. The molecule has 5 nitrogen and oxygen atoms in total. The Labute approximate surface area is 174 Å². The van der Waals surface area contributed by atoms with Crippen LogP contribution >= 0.6 is 0 Å². The highest BCUT2D eigenvalue weighted by molar-refractivity contribution is 6.01. The Bertz CT molecular complexity index is 1050. The summed E-state index contributed by atoms with van der Waals surface area (Å²) in [4.78, 5) is 10.7. The lowest BCUT2D eigenvalue weighted by Crippen LogP contribution is -2.27. The molecule has 3 aromatic rings. The fraction of sp³-hybridized carbons (Fsp3) is 0.292. The van der Waals surface area contributed by atoms with Gasteiger partial charge < -0.3 is 19.9 Å². The second-order valence-electron chi connectivity index (χ2n) is 7.62. The Morgan fingerprint density at radius 1 is 1.07 bits per heavy atom. The van der Waals surface area contributed by atoms with Crippen LogP contribution in [0.25, 0.3) is 28.1 Å². The molecule has 0 saturated carbocycles. The van der Waals surface area contributed by atoms with Gasteiger partial charge in [0.25, 0.3) is 0 Å². The number of nitrogens with zero attached hydrogens (tertiary/aromatic N) is 1. The summed E-state index contributed by atoms with van der Waals surface area (Å²) >= 11 is 0. The second kappa shape index (κ2) is 9.24. The minimum absolute atomic E-state index is 0.108. The summed E-state index contributed by atoms with van der Waals surface area (Å²) in [6, 6.07) is 14.5. The average molecular weight is 411 g/mol. The quantitative estimate of drug-likeness (QED) is 0.505. The van der Waals surface area contributed by atoms with Crippen molar-refractivity contribution in [1.29, 1.82) is 0 Å². The summed E-state index contributed by atoms with van der Waals surface area (Å²) in [5, 5.41) is 29.7. The van der Waals surface area contributed by atoms with Crippen LogP contribution in [0.2, 0.25) is 0 Å². The van der Waals surface area contributed by atoms with Crippen LogP contribution in [-0.4, -0.2) is 38.1 Å². The highest BCUT2D eigenvalue weighted by Crippen LogP contribution is 2.38. The normalized spacial score (nSPS) is 13.9. The summed E-state index contributed by atoms with van der Waals surface area (Å²) in [7, 11) is 0. The molecule has 3 rings (SSSR count). The largest absolute Gasteiger partial charge is 0.481 e. The van der Waals surface area contributed by atoms with Crippen LogP contribution in [0, 0.1) is 5.82 Å². The van der Waals surface area contributed by atoms with Crippen LogP contribution in [0.1, 0.15) is 38.4 Å². The zero-order valence-electron chi connectivity index (χ0n) is 17.0. The number of aromatic nitrogens is 1. The number of carboxylic acids is 1. The maximum Gasteiger partial charge on any atom is 0.306 e. The van der Waals surface area contributed by atoms with Crippen molar-refractivity contribution < 1.29 is 24.5 Å². The summed E-state index contributed by atoms with van der Waals surface area (Å²) in [6.07, 6.45) is 0.688. The first kappa shape index (κ1) is 21.7. The predicted octanol–water partition coefficient (Wildman–Crippen LogP) is 4.63. The molecule has 2 atom stereocenters. The number of carbonyl (C=O) groups is 1. The van der Waals surface area contributed by atoms with E-state index in [1.807, 2.05) is 30.3 Å². The smallest absolute Gasteiger partial charge is 0.306 e. The SMILES string of the molecule is CC(C)n1c(/C=C/CC(O)[C@H](O)CC(=O)O)c(-c2ccc(F)cc2)c2ccccc21. The van der Waals surface area contributed by atoms with E-state index in [4.69, 9.17) is 5.11 Å². The monoisotopic (exact) mass is 411 g/mol. The number of hydrogen-bond acceptors (Lipinski definition) is 3. The van der Waals surface area contributed by atoms with Crippen molar-refractivity contribution in [3.63, 3.8) is 0 Å². The van der Waals surface area contributed by atoms with Gasteiger partial charge >= 0.3 is 5.97 Å². The number of rotatable bonds is 8. The molecule has 0 radical (unpaired) electrons. The zero-order valence-corrected chi connectivity index (χ0v) is 17.0. The van der Waals surface area contributed by atoms with Gasteiger partial charge in [0.05, 0.1) is 18.6 Å². The number of fused-ring (bicyclic) bond motifs is 1. The molecule has 1 heterocycles. The predicted molar refractivity (Wildman–Crippen MR) is 116 cm³/mol. The van der Waals surface area contributed by atoms with Gasteiger partial charge in [-0.25, -0.2) is 4.39 Å². The van der Waals surface area contributed by atoms with Crippen LogP contribution in [0.5, 0.6) is 0 Å². The molecule has 1 unspecified atom stereocenters. The first-order chi connectivity index (χ1) is 14.3. The van der Waals surface area contributed by atoms with E-state index >= 15 is 0 Å². The molecule has 158 valence electrons. The first-order valence-corrected chi connectivity index (χ1v) is 9.93. The molecule has 30 heavy (non-hydrogen) atoms. The standard InChI is InChI=1S/C24H26FNO4/c1-15(2)26-19-7-4-3-6-18(19)24(16-10-12-17(25)13-11-16)20(26)8-5-9-21(27)22(28)14-23(29)30/h3-8,10-13,15,21-22,27-28H,9,14H2,1-2H3,(H,29,30)/b8-5+/t21?,22-/m1/s1. The Kier molecular flexibility index (Phi) is 6.70. The number of aliphatic carboxylic acids is 1. The van der Waals surface area contributed by atoms with Gasteiger partial charge in [-0.05, 0) is 50.1 Å². The van der Waals surface area contributed by atoms with E-state index in [-0.39, 0.29) is 18.3 Å². The summed E-state index contributed by atoms with van der Waals surface area (Å²) in [5.41, 5.74) is 3.77. The molecule has 0 aliphatic carbocycles. The van der Waals surface area contributed by atoms with Gasteiger partial charge in [0.1, 0.15) is 5.82 Å². The highest BCUT2D eigenvalue weighted by atomic mass is 19.1. The van der Waals surface area contributed by atoms with E-state index in [9.17, 15) is 19.4 Å². The van der Waals surface area contributed by atoms with Crippen molar-refractivity contribution in [3.8, 4) is 11.1 Å². The molecule has 3 N–H and O–H groups in total. The fourth-order valence-corrected chi connectivity index (χ4v) is 3.71. The topological polar surface area (TPSA) is 82.7 Å². The van der Waals surface area contributed by atoms with Crippen molar-refractivity contribution in [2.75, 3.05) is 0 Å². The van der Waals surface area contributed by atoms with Crippen LogP contribution in [0.15, 0.2) is 54.6 Å². The molecular weight excluding hydrogens is 385 g/mol. The van der Waals surface area contributed by atoms with Crippen molar-refractivity contribution in [2.45, 2.75) is 44.9 Å². The summed E-state index contributed by atoms with van der Waals surface area (Å²) in [5.74, 6) is -1.47. The maximum absolute atomic E-state index is 13.5. The van der Waals surface area contributed by atoms with Crippen molar-refractivity contribution in [1.82, 2.24) is 4.57 Å². The summed E-state index contributed by atoms with van der Waals surface area (Å²) < 4.78 is 15.7. The molecule has 0 saturated heterocycles. The maximum atomic E-state index is 13.5. The molecule has 0 aliphatic rings. The van der Waals surface area contributed by atoms with E-state index in [1.54, 1.807) is 18.2 Å². The number of para-hydroxylation sites is 1. The number of aliphatic hydroxyl groups excluding tert-OH is 2. The minimum atomic E-state index is -1.33. The fourth-order valence-electron chi connectivity index (χ4n) is 3.71. The molecule has 0 bridgehead atoms. The zero-order chi connectivity index (χ0) is 21.8. The molecule has 0 amide bonds.